The van der Waals surface area contributed by atoms with Crippen molar-refractivity contribution in [1.29, 1.82) is 0 Å². The molecule has 218 valence electrons. The maximum Gasteiger partial charge on any atom is 0.252 e. The largest absolute Gasteiger partial charge is 0.508 e. The van der Waals surface area contributed by atoms with Crippen molar-refractivity contribution in [1.82, 2.24) is 10.6 Å². The van der Waals surface area contributed by atoms with Crippen molar-refractivity contribution in [3.63, 3.8) is 0 Å². The Hall–Kier alpha value is -4.66. The van der Waals surface area contributed by atoms with Crippen LogP contribution in [0.3, 0.4) is 0 Å². The molecular weight excluding hydrogens is 532 g/mol. The highest BCUT2D eigenvalue weighted by molar-refractivity contribution is 5.97. The number of aromatic hydroxyl groups is 2. The highest BCUT2D eigenvalue weighted by Gasteiger charge is 2.35. The minimum absolute atomic E-state index is 0.0317. The van der Waals surface area contributed by atoms with Crippen LogP contribution in [-0.2, 0) is 12.8 Å². The van der Waals surface area contributed by atoms with Gasteiger partial charge in [-0.05, 0) is 62.1 Å². The van der Waals surface area contributed by atoms with Gasteiger partial charge >= 0.3 is 0 Å². The van der Waals surface area contributed by atoms with Crippen molar-refractivity contribution >= 4 is 11.8 Å². The normalized spacial score (nSPS) is 13.9. The predicted molar refractivity (Wildman–Crippen MR) is 161 cm³/mol. The van der Waals surface area contributed by atoms with E-state index in [4.69, 9.17) is 0 Å². The van der Waals surface area contributed by atoms with Crippen LogP contribution in [0.1, 0.15) is 43.0 Å². The Labute approximate surface area is 245 Å². The van der Waals surface area contributed by atoms with Gasteiger partial charge in [-0.25, -0.2) is 0 Å². The molecule has 8 heteroatoms. The van der Waals surface area contributed by atoms with E-state index in [1.165, 1.54) is 12.1 Å². The van der Waals surface area contributed by atoms with Crippen molar-refractivity contribution < 1.29 is 30.0 Å². The Kier molecular flexibility index (Phi) is 9.96. The van der Waals surface area contributed by atoms with Crippen LogP contribution in [-0.4, -0.2) is 56.5 Å². The lowest BCUT2D eigenvalue weighted by molar-refractivity contribution is -0.0219. The fourth-order valence-corrected chi connectivity index (χ4v) is 4.96. The third-order valence-electron chi connectivity index (χ3n) is 7.50. The summed E-state index contributed by atoms with van der Waals surface area (Å²) in [7, 11) is 0. The molecule has 0 radical (unpaired) electrons. The number of carbonyl (C=O) groups is 2. The maximum absolute atomic E-state index is 13.3. The lowest BCUT2D eigenvalue weighted by atomic mass is 9.90. The molecule has 0 aliphatic carbocycles. The van der Waals surface area contributed by atoms with Crippen molar-refractivity contribution in [2.45, 2.75) is 51.0 Å². The van der Waals surface area contributed by atoms with Gasteiger partial charge in [0.1, 0.15) is 23.7 Å². The zero-order chi connectivity index (χ0) is 30.2. The smallest absolute Gasteiger partial charge is 0.252 e. The molecule has 0 heterocycles. The van der Waals surface area contributed by atoms with E-state index in [0.29, 0.717) is 11.1 Å². The molecule has 0 aliphatic heterocycles. The zero-order valence-corrected chi connectivity index (χ0v) is 23.6. The lowest BCUT2D eigenvalue weighted by Crippen LogP contribution is -2.57. The minimum atomic E-state index is -1.49. The second-order valence-corrected chi connectivity index (χ2v) is 10.4. The summed E-state index contributed by atoms with van der Waals surface area (Å²) in [6.07, 6.45) is -2.60. The summed E-state index contributed by atoms with van der Waals surface area (Å²) in [4.78, 5) is 26.7. The lowest BCUT2D eigenvalue weighted by Gasteiger charge is -2.33. The number of carbonyl (C=O) groups excluding carboxylic acids is 2. The second-order valence-electron chi connectivity index (χ2n) is 10.4. The van der Waals surface area contributed by atoms with Gasteiger partial charge in [0, 0.05) is 22.3 Å². The summed E-state index contributed by atoms with van der Waals surface area (Å²) in [6.45, 7) is 3.24. The van der Waals surface area contributed by atoms with Crippen molar-refractivity contribution in [2.24, 2.45) is 0 Å². The summed E-state index contributed by atoms with van der Waals surface area (Å²) >= 11 is 0. The standard InChI is InChI=1S/C34H36N2O6/c1-21-25(15-9-17-29(21)37)33(41)35-27(19-23-11-5-3-6-12-23)31(39)32(40)28(20-24-13-7-4-8-14-24)36-34(42)26-16-10-18-30(38)22(26)2/h3-18,27-28,31-32,37-40H,19-20H2,1-2H3,(H,35,41)(H,36,42). The quantitative estimate of drug-likeness (QED) is 0.163. The van der Waals surface area contributed by atoms with E-state index in [1.807, 2.05) is 60.7 Å². The molecule has 0 bridgehead atoms. The van der Waals surface area contributed by atoms with Gasteiger partial charge in [0.2, 0.25) is 0 Å². The van der Waals surface area contributed by atoms with Gasteiger partial charge < -0.3 is 31.1 Å². The monoisotopic (exact) mass is 568 g/mol. The first-order valence-corrected chi connectivity index (χ1v) is 13.8. The van der Waals surface area contributed by atoms with E-state index in [-0.39, 0.29) is 35.5 Å². The maximum atomic E-state index is 13.3. The predicted octanol–water partition coefficient (Wildman–Crippen LogP) is 3.82. The van der Waals surface area contributed by atoms with E-state index in [1.54, 1.807) is 38.1 Å². The third-order valence-corrected chi connectivity index (χ3v) is 7.50. The van der Waals surface area contributed by atoms with Gasteiger partial charge in [-0.1, -0.05) is 72.8 Å². The van der Waals surface area contributed by atoms with Crippen LogP contribution >= 0.6 is 0 Å². The van der Waals surface area contributed by atoms with Crippen LogP contribution in [0.25, 0.3) is 0 Å². The SMILES string of the molecule is Cc1c(O)cccc1C(=O)NC(Cc1ccccc1)C(O)C(O)C(Cc1ccccc1)NC(=O)c1cccc(O)c1C. The first-order valence-electron chi connectivity index (χ1n) is 13.8. The van der Waals surface area contributed by atoms with Crippen LogP contribution < -0.4 is 10.6 Å². The van der Waals surface area contributed by atoms with Gasteiger partial charge in [-0.2, -0.15) is 0 Å². The minimum Gasteiger partial charge on any atom is -0.508 e. The number of hydrogen-bond acceptors (Lipinski definition) is 6. The van der Waals surface area contributed by atoms with Gasteiger partial charge in [-0.15, -0.1) is 0 Å². The number of aliphatic hydroxyl groups is 2. The first kappa shape index (κ1) is 30.3. The summed E-state index contributed by atoms with van der Waals surface area (Å²) < 4.78 is 0. The number of aliphatic hydroxyl groups excluding tert-OH is 2. The van der Waals surface area contributed by atoms with Crippen molar-refractivity contribution in [3.8, 4) is 11.5 Å². The molecule has 6 N–H and O–H groups in total. The second kappa shape index (κ2) is 13.8. The molecule has 0 fully saturated rings. The summed E-state index contributed by atoms with van der Waals surface area (Å²) in [5.41, 5.74) is 2.89. The molecule has 0 saturated carbocycles. The topological polar surface area (TPSA) is 139 Å². The average molecular weight is 569 g/mol. The number of amides is 2. The van der Waals surface area contributed by atoms with Gasteiger partial charge in [0.05, 0.1) is 12.1 Å². The summed E-state index contributed by atoms with van der Waals surface area (Å²) in [5, 5.41) is 49.1. The molecule has 0 aliphatic rings. The molecule has 2 amide bonds. The van der Waals surface area contributed by atoms with Crippen LogP contribution in [0.15, 0.2) is 97.1 Å². The highest BCUT2D eigenvalue weighted by atomic mass is 16.3. The molecule has 0 spiro atoms. The number of rotatable bonds is 11. The highest BCUT2D eigenvalue weighted by Crippen LogP contribution is 2.22. The van der Waals surface area contributed by atoms with E-state index in [9.17, 15) is 30.0 Å². The molecule has 4 aromatic carbocycles. The molecular formula is C34H36N2O6. The van der Waals surface area contributed by atoms with Crippen LogP contribution in [0.2, 0.25) is 0 Å². The van der Waals surface area contributed by atoms with Crippen molar-refractivity contribution in [3.05, 3.63) is 130 Å². The zero-order valence-electron chi connectivity index (χ0n) is 23.6. The fraction of sp³-hybridized carbons (Fsp3) is 0.235. The molecule has 42 heavy (non-hydrogen) atoms. The molecule has 8 nitrogen and oxygen atoms in total. The molecule has 4 atom stereocenters. The van der Waals surface area contributed by atoms with E-state index >= 15 is 0 Å². The summed E-state index contributed by atoms with van der Waals surface area (Å²) in [6, 6.07) is 25.8. The molecule has 4 rings (SSSR count). The Bertz CT molecular complexity index is 1390. The Morgan fingerprint density at radius 3 is 1.29 bits per heavy atom. The van der Waals surface area contributed by atoms with Crippen LogP contribution in [0.4, 0.5) is 0 Å². The molecule has 4 aromatic rings. The number of benzene rings is 4. The van der Waals surface area contributed by atoms with E-state index < -0.39 is 36.1 Å². The van der Waals surface area contributed by atoms with Crippen molar-refractivity contribution in [2.75, 3.05) is 0 Å². The van der Waals surface area contributed by atoms with Gasteiger partial charge in [-0.3, -0.25) is 9.59 Å². The Morgan fingerprint density at radius 1 is 0.571 bits per heavy atom. The van der Waals surface area contributed by atoms with Crippen LogP contribution in [0, 0.1) is 13.8 Å². The van der Waals surface area contributed by atoms with E-state index in [2.05, 4.69) is 10.6 Å². The average Bonchev–Trinajstić information content (AvgIpc) is 2.99. The molecule has 0 saturated heterocycles. The first-order chi connectivity index (χ1) is 20.2. The van der Waals surface area contributed by atoms with Gasteiger partial charge in [0.25, 0.3) is 11.8 Å². The number of hydrogen-bond donors (Lipinski definition) is 6. The number of phenolic OH excluding ortho intramolecular Hbond substituents is 2. The molecule has 4 unspecified atom stereocenters. The Morgan fingerprint density at radius 2 is 0.929 bits per heavy atom. The van der Waals surface area contributed by atoms with Crippen LogP contribution in [0.5, 0.6) is 11.5 Å². The third kappa shape index (κ3) is 7.34. The fourth-order valence-electron chi connectivity index (χ4n) is 4.96. The molecule has 0 aromatic heterocycles. The number of phenols is 2. The number of nitrogens with one attached hydrogen (secondary N) is 2. The van der Waals surface area contributed by atoms with Gasteiger partial charge in [0.15, 0.2) is 0 Å². The summed E-state index contributed by atoms with van der Waals surface area (Å²) in [5.74, 6) is -1.10. The Balaban J connectivity index is 1.64. The van der Waals surface area contributed by atoms with E-state index in [0.717, 1.165) is 11.1 Å².